The molecule has 1 amide bonds. The van der Waals surface area contributed by atoms with E-state index < -0.39 is 0 Å². The lowest BCUT2D eigenvalue weighted by Crippen LogP contribution is -2.31. The van der Waals surface area contributed by atoms with Crippen molar-refractivity contribution in [3.8, 4) is 0 Å². The van der Waals surface area contributed by atoms with Gasteiger partial charge in [0.05, 0.1) is 5.69 Å². The molecule has 0 aliphatic rings. The fourth-order valence-corrected chi connectivity index (χ4v) is 1.98. The first-order valence-electron chi connectivity index (χ1n) is 7.13. The number of carbonyl (C=O) groups excluding carboxylic acids is 1. The van der Waals surface area contributed by atoms with Crippen LogP contribution in [0.5, 0.6) is 0 Å². The molecule has 0 fully saturated rings. The van der Waals surface area contributed by atoms with Crippen molar-refractivity contribution in [2.75, 3.05) is 13.1 Å². The summed E-state index contributed by atoms with van der Waals surface area (Å²) in [7, 11) is 0. The van der Waals surface area contributed by atoms with Crippen molar-refractivity contribution in [2.24, 2.45) is 0 Å². The van der Waals surface area contributed by atoms with Gasteiger partial charge in [-0.25, -0.2) is 0 Å². The summed E-state index contributed by atoms with van der Waals surface area (Å²) < 4.78 is 0. The predicted molar refractivity (Wildman–Crippen MR) is 84.2 cm³/mol. The molecule has 0 aliphatic heterocycles. The smallest absolute Gasteiger partial charge is 0.251 e. The van der Waals surface area contributed by atoms with Crippen molar-refractivity contribution >= 4 is 5.91 Å². The monoisotopic (exact) mass is 283 g/mol. The molecule has 0 atom stereocenters. The second kappa shape index (κ2) is 7.55. The van der Waals surface area contributed by atoms with E-state index in [1.807, 2.05) is 50.2 Å². The maximum Gasteiger partial charge on any atom is 0.251 e. The lowest BCUT2D eigenvalue weighted by atomic mass is 10.1. The van der Waals surface area contributed by atoms with Crippen LogP contribution in [0.15, 0.2) is 42.6 Å². The molecule has 0 spiro atoms. The van der Waals surface area contributed by atoms with E-state index in [0.717, 1.165) is 11.3 Å². The molecule has 0 saturated carbocycles. The number of benzene rings is 1. The molecular weight excluding hydrogens is 262 g/mol. The summed E-state index contributed by atoms with van der Waals surface area (Å²) >= 11 is 0. The van der Waals surface area contributed by atoms with E-state index in [1.165, 1.54) is 5.56 Å². The Bertz CT molecular complexity index is 593. The quantitative estimate of drug-likeness (QED) is 0.799. The molecule has 4 nitrogen and oxygen atoms in total. The van der Waals surface area contributed by atoms with Gasteiger partial charge in [0.25, 0.3) is 5.91 Å². The average Bonchev–Trinajstić information content (AvgIpc) is 2.49. The fourth-order valence-electron chi connectivity index (χ4n) is 1.98. The molecule has 2 N–H and O–H groups in total. The largest absolute Gasteiger partial charge is 0.351 e. The number of carbonyl (C=O) groups is 1. The summed E-state index contributed by atoms with van der Waals surface area (Å²) in [4.78, 5) is 16.2. The maximum atomic E-state index is 11.9. The molecule has 1 aromatic heterocycles. The zero-order chi connectivity index (χ0) is 15.1. The number of hydrogen-bond acceptors (Lipinski definition) is 3. The van der Waals surface area contributed by atoms with E-state index in [2.05, 4.69) is 15.6 Å². The lowest BCUT2D eigenvalue weighted by molar-refractivity contribution is 0.0954. The summed E-state index contributed by atoms with van der Waals surface area (Å²) in [6.07, 6.45) is 1.79. The van der Waals surface area contributed by atoms with Crippen molar-refractivity contribution in [1.29, 1.82) is 0 Å². The molecule has 21 heavy (non-hydrogen) atoms. The number of pyridine rings is 1. The topological polar surface area (TPSA) is 54.0 Å². The molecule has 0 bridgehead atoms. The second-order valence-electron chi connectivity index (χ2n) is 5.07. The minimum atomic E-state index is -0.0363. The van der Waals surface area contributed by atoms with Gasteiger partial charge in [0, 0.05) is 31.4 Å². The number of aryl methyl sites for hydroxylation is 2. The SMILES string of the molecule is Cc1ccc(C(=O)NCCNCc2ncccc2C)cc1. The molecule has 1 aromatic carbocycles. The normalized spacial score (nSPS) is 10.4. The Labute approximate surface area is 125 Å². The van der Waals surface area contributed by atoms with Crippen LogP contribution in [0.1, 0.15) is 27.2 Å². The highest BCUT2D eigenvalue weighted by molar-refractivity contribution is 5.94. The van der Waals surface area contributed by atoms with Gasteiger partial charge in [0.2, 0.25) is 0 Å². The number of hydrogen-bond donors (Lipinski definition) is 2. The number of amides is 1. The molecular formula is C17H21N3O. The van der Waals surface area contributed by atoms with E-state index in [0.29, 0.717) is 25.2 Å². The van der Waals surface area contributed by atoms with Crippen molar-refractivity contribution < 1.29 is 4.79 Å². The molecule has 0 radical (unpaired) electrons. The van der Waals surface area contributed by atoms with Crippen LogP contribution in [0.3, 0.4) is 0 Å². The van der Waals surface area contributed by atoms with Gasteiger partial charge < -0.3 is 10.6 Å². The van der Waals surface area contributed by atoms with E-state index in [4.69, 9.17) is 0 Å². The molecule has 0 aliphatic carbocycles. The lowest BCUT2D eigenvalue weighted by Gasteiger charge is -2.08. The fraction of sp³-hybridized carbons (Fsp3) is 0.294. The Morgan fingerprint density at radius 2 is 1.86 bits per heavy atom. The molecule has 0 unspecified atom stereocenters. The Hall–Kier alpha value is -2.20. The Morgan fingerprint density at radius 1 is 1.10 bits per heavy atom. The van der Waals surface area contributed by atoms with Gasteiger partial charge in [0.1, 0.15) is 0 Å². The molecule has 2 rings (SSSR count). The number of rotatable bonds is 6. The van der Waals surface area contributed by atoms with Crippen molar-refractivity contribution in [2.45, 2.75) is 20.4 Å². The molecule has 4 heteroatoms. The summed E-state index contributed by atoms with van der Waals surface area (Å²) in [5.41, 5.74) is 4.07. The van der Waals surface area contributed by atoms with Gasteiger partial charge in [-0.05, 0) is 37.6 Å². The molecule has 2 aromatic rings. The van der Waals surface area contributed by atoms with Gasteiger partial charge in [-0.3, -0.25) is 9.78 Å². The predicted octanol–water partition coefficient (Wildman–Crippen LogP) is 2.22. The maximum absolute atomic E-state index is 11.9. The molecule has 110 valence electrons. The van der Waals surface area contributed by atoms with E-state index >= 15 is 0 Å². The van der Waals surface area contributed by atoms with E-state index in [9.17, 15) is 4.79 Å². The van der Waals surface area contributed by atoms with Crippen LogP contribution in [0.4, 0.5) is 0 Å². The van der Waals surface area contributed by atoms with Crippen molar-refractivity contribution in [1.82, 2.24) is 15.6 Å². The summed E-state index contributed by atoms with van der Waals surface area (Å²) in [6.45, 7) is 6.08. The summed E-state index contributed by atoms with van der Waals surface area (Å²) in [5.74, 6) is -0.0363. The van der Waals surface area contributed by atoms with Crippen LogP contribution in [0, 0.1) is 13.8 Å². The van der Waals surface area contributed by atoms with Crippen LogP contribution in [0.2, 0.25) is 0 Å². The highest BCUT2D eigenvalue weighted by Crippen LogP contribution is 2.03. The summed E-state index contributed by atoms with van der Waals surface area (Å²) in [5, 5.41) is 6.18. The Morgan fingerprint density at radius 3 is 2.57 bits per heavy atom. The highest BCUT2D eigenvalue weighted by atomic mass is 16.1. The zero-order valence-corrected chi connectivity index (χ0v) is 12.5. The first kappa shape index (κ1) is 15.2. The minimum Gasteiger partial charge on any atom is -0.351 e. The first-order valence-corrected chi connectivity index (χ1v) is 7.13. The van der Waals surface area contributed by atoms with Gasteiger partial charge in [-0.1, -0.05) is 23.8 Å². The van der Waals surface area contributed by atoms with E-state index in [-0.39, 0.29) is 5.91 Å². The average molecular weight is 283 g/mol. The van der Waals surface area contributed by atoms with Gasteiger partial charge in [0.15, 0.2) is 0 Å². The Balaban J connectivity index is 1.69. The summed E-state index contributed by atoms with van der Waals surface area (Å²) in [6, 6.07) is 11.5. The Kier molecular flexibility index (Phi) is 5.46. The number of nitrogens with zero attached hydrogens (tertiary/aromatic N) is 1. The van der Waals surface area contributed by atoms with Crippen LogP contribution in [0.25, 0.3) is 0 Å². The van der Waals surface area contributed by atoms with E-state index in [1.54, 1.807) is 6.20 Å². The standard InChI is InChI=1S/C17H21N3O/c1-13-5-7-15(8-6-13)17(21)20-11-10-18-12-16-14(2)4-3-9-19-16/h3-9,18H,10-12H2,1-2H3,(H,20,21). The third-order valence-corrected chi connectivity index (χ3v) is 3.31. The molecule has 1 heterocycles. The minimum absolute atomic E-state index is 0.0363. The number of nitrogens with one attached hydrogen (secondary N) is 2. The van der Waals surface area contributed by atoms with Gasteiger partial charge in [-0.15, -0.1) is 0 Å². The zero-order valence-electron chi connectivity index (χ0n) is 12.5. The molecule has 0 saturated heterocycles. The van der Waals surface area contributed by atoms with Crippen molar-refractivity contribution in [3.63, 3.8) is 0 Å². The van der Waals surface area contributed by atoms with Gasteiger partial charge >= 0.3 is 0 Å². The van der Waals surface area contributed by atoms with Crippen molar-refractivity contribution in [3.05, 3.63) is 65.0 Å². The number of aromatic nitrogens is 1. The second-order valence-corrected chi connectivity index (χ2v) is 5.07. The third kappa shape index (κ3) is 4.68. The highest BCUT2D eigenvalue weighted by Gasteiger charge is 2.03. The van der Waals surface area contributed by atoms with Crippen LogP contribution >= 0.6 is 0 Å². The van der Waals surface area contributed by atoms with Crippen LogP contribution in [-0.4, -0.2) is 24.0 Å². The first-order chi connectivity index (χ1) is 10.2. The van der Waals surface area contributed by atoms with Gasteiger partial charge in [-0.2, -0.15) is 0 Å². The third-order valence-electron chi connectivity index (χ3n) is 3.31. The van der Waals surface area contributed by atoms with Crippen LogP contribution in [-0.2, 0) is 6.54 Å². The van der Waals surface area contributed by atoms with Crippen LogP contribution < -0.4 is 10.6 Å².